The fraction of sp³-hybridized carbons (Fsp3) is 0.600. The molecular formula is C15H19ClN2O. The predicted molar refractivity (Wildman–Crippen MR) is 75.3 cm³/mol. The number of rotatable bonds is 1. The van der Waals surface area contributed by atoms with Crippen LogP contribution in [-0.4, -0.2) is 28.4 Å². The number of piperidine rings is 1. The van der Waals surface area contributed by atoms with Gasteiger partial charge in [0.1, 0.15) is 10.8 Å². The Kier molecular flexibility index (Phi) is 3.74. The van der Waals surface area contributed by atoms with E-state index in [4.69, 9.17) is 11.6 Å². The minimum atomic E-state index is 0.0547. The van der Waals surface area contributed by atoms with Crippen molar-refractivity contribution in [3.8, 4) is 0 Å². The van der Waals surface area contributed by atoms with Crippen LogP contribution < -0.4 is 0 Å². The number of carbonyl (C=O) groups is 1. The molecule has 1 amide bonds. The van der Waals surface area contributed by atoms with Crippen LogP contribution in [-0.2, 0) is 0 Å². The minimum absolute atomic E-state index is 0.0547. The third-order valence-corrected chi connectivity index (χ3v) is 4.65. The zero-order chi connectivity index (χ0) is 13.2. The van der Waals surface area contributed by atoms with Gasteiger partial charge in [0.25, 0.3) is 5.91 Å². The third kappa shape index (κ3) is 2.62. The van der Waals surface area contributed by atoms with E-state index in [0.29, 0.717) is 22.8 Å². The Hall–Kier alpha value is -1.09. The van der Waals surface area contributed by atoms with Gasteiger partial charge in [-0.05, 0) is 43.7 Å². The van der Waals surface area contributed by atoms with E-state index in [1.807, 2.05) is 4.90 Å². The first-order chi connectivity index (χ1) is 9.25. The monoisotopic (exact) mass is 278 g/mol. The Labute approximate surface area is 119 Å². The lowest BCUT2D eigenvalue weighted by Crippen LogP contribution is -2.49. The molecule has 1 aromatic rings. The van der Waals surface area contributed by atoms with Crippen LogP contribution in [0, 0.1) is 5.92 Å². The highest BCUT2D eigenvalue weighted by Crippen LogP contribution is 2.35. The van der Waals surface area contributed by atoms with Crippen LogP contribution in [0.1, 0.15) is 49.0 Å². The molecule has 1 aromatic heterocycles. The van der Waals surface area contributed by atoms with Gasteiger partial charge < -0.3 is 4.90 Å². The van der Waals surface area contributed by atoms with E-state index in [1.54, 1.807) is 18.2 Å². The lowest BCUT2D eigenvalue weighted by atomic mass is 9.78. The fourth-order valence-corrected chi connectivity index (χ4v) is 3.72. The van der Waals surface area contributed by atoms with Crippen molar-refractivity contribution in [1.82, 2.24) is 9.88 Å². The first kappa shape index (κ1) is 12.9. The van der Waals surface area contributed by atoms with Gasteiger partial charge in [0.05, 0.1) is 0 Å². The number of halogens is 1. The summed E-state index contributed by atoms with van der Waals surface area (Å²) in [6, 6.07) is 5.69. The molecule has 3 nitrogen and oxygen atoms in total. The van der Waals surface area contributed by atoms with Crippen molar-refractivity contribution in [1.29, 1.82) is 0 Å². The minimum Gasteiger partial charge on any atom is -0.334 e. The normalized spacial score (nSPS) is 26.9. The summed E-state index contributed by atoms with van der Waals surface area (Å²) in [4.78, 5) is 18.8. The molecule has 2 aliphatic rings. The van der Waals surface area contributed by atoms with Gasteiger partial charge in [0.15, 0.2) is 0 Å². The smallest absolute Gasteiger partial charge is 0.272 e. The molecule has 2 atom stereocenters. The predicted octanol–water partition coefficient (Wildman–Crippen LogP) is 3.53. The van der Waals surface area contributed by atoms with Gasteiger partial charge in [-0.25, -0.2) is 4.98 Å². The lowest BCUT2D eigenvalue weighted by Gasteiger charge is -2.44. The Morgan fingerprint density at radius 3 is 2.84 bits per heavy atom. The largest absolute Gasteiger partial charge is 0.334 e. The molecule has 2 fully saturated rings. The number of hydrogen-bond donors (Lipinski definition) is 0. The van der Waals surface area contributed by atoms with E-state index in [0.717, 1.165) is 19.4 Å². The molecule has 4 heteroatoms. The number of likely N-dealkylation sites (tertiary alicyclic amines) is 1. The first-order valence-corrected chi connectivity index (χ1v) is 7.57. The molecule has 19 heavy (non-hydrogen) atoms. The number of aromatic nitrogens is 1. The van der Waals surface area contributed by atoms with Crippen molar-refractivity contribution in [2.24, 2.45) is 5.92 Å². The van der Waals surface area contributed by atoms with Crippen LogP contribution in [0.4, 0.5) is 0 Å². The van der Waals surface area contributed by atoms with Crippen molar-refractivity contribution in [2.75, 3.05) is 6.54 Å². The van der Waals surface area contributed by atoms with Gasteiger partial charge in [-0.1, -0.05) is 30.5 Å². The summed E-state index contributed by atoms with van der Waals surface area (Å²) in [6.45, 7) is 0.869. The van der Waals surface area contributed by atoms with E-state index in [-0.39, 0.29) is 5.91 Å². The molecule has 1 aliphatic carbocycles. The SMILES string of the molecule is O=C(c1cccc(Cl)n1)N1CCCC2CCCCC21. The van der Waals surface area contributed by atoms with Crippen molar-refractivity contribution >= 4 is 17.5 Å². The molecule has 1 aliphatic heterocycles. The second-order valence-electron chi connectivity index (χ2n) is 5.60. The highest BCUT2D eigenvalue weighted by atomic mass is 35.5. The molecule has 0 aromatic carbocycles. The van der Waals surface area contributed by atoms with Crippen molar-refractivity contribution in [2.45, 2.75) is 44.6 Å². The quantitative estimate of drug-likeness (QED) is 0.736. The standard InChI is InChI=1S/C15H19ClN2O/c16-14-9-3-7-12(17-14)15(19)18-10-4-6-11-5-1-2-8-13(11)18/h3,7,9,11,13H,1-2,4-6,8,10H2. The molecule has 3 rings (SSSR count). The van der Waals surface area contributed by atoms with E-state index in [2.05, 4.69) is 4.98 Å². The maximum Gasteiger partial charge on any atom is 0.272 e. The lowest BCUT2D eigenvalue weighted by molar-refractivity contribution is 0.0385. The zero-order valence-corrected chi connectivity index (χ0v) is 11.8. The Bertz CT molecular complexity index is 475. The summed E-state index contributed by atoms with van der Waals surface area (Å²) < 4.78 is 0. The van der Waals surface area contributed by atoms with Crippen LogP contribution in [0.15, 0.2) is 18.2 Å². The maximum absolute atomic E-state index is 12.6. The van der Waals surface area contributed by atoms with Crippen LogP contribution >= 0.6 is 11.6 Å². The molecule has 102 valence electrons. The number of nitrogens with zero attached hydrogens (tertiary/aromatic N) is 2. The molecule has 2 unspecified atom stereocenters. The van der Waals surface area contributed by atoms with Crippen molar-refractivity contribution in [3.05, 3.63) is 29.0 Å². The summed E-state index contributed by atoms with van der Waals surface area (Å²) in [7, 11) is 0. The van der Waals surface area contributed by atoms with Crippen molar-refractivity contribution < 1.29 is 4.79 Å². The summed E-state index contributed by atoms with van der Waals surface area (Å²) in [5.74, 6) is 0.754. The van der Waals surface area contributed by atoms with Crippen LogP contribution in [0.25, 0.3) is 0 Å². The summed E-state index contributed by atoms with van der Waals surface area (Å²) in [5, 5.41) is 0.392. The molecule has 1 saturated heterocycles. The molecular weight excluding hydrogens is 260 g/mol. The molecule has 2 heterocycles. The van der Waals surface area contributed by atoms with Gasteiger partial charge in [0, 0.05) is 12.6 Å². The molecule has 0 N–H and O–H groups in total. The van der Waals surface area contributed by atoms with Crippen LogP contribution in [0.5, 0.6) is 0 Å². The van der Waals surface area contributed by atoms with Gasteiger partial charge in [0.2, 0.25) is 0 Å². The average molecular weight is 279 g/mol. The topological polar surface area (TPSA) is 33.2 Å². The van der Waals surface area contributed by atoms with E-state index < -0.39 is 0 Å². The number of amides is 1. The number of pyridine rings is 1. The fourth-order valence-electron chi connectivity index (χ4n) is 3.55. The zero-order valence-electron chi connectivity index (χ0n) is 11.0. The number of hydrogen-bond acceptors (Lipinski definition) is 2. The summed E-state index contributed by atoms with van der Waals surface area (Å²) >= 11 is 5.88. The average Bonchev–Trinajstić information content (AvgIpc) is 2.46. The van der Waals surface area contributed by atoms with Crippen LogP contribution in [0.3, 0.4) is 0 Å². The molecule has 0 radical (unpaired) electrons. The van der Waals surface area contributed by atoms with Gasteiger partial charge in [-0.3, -0.25) is 4.79 Å². The number of fused-ring (bicyclic) bond motifs is 1. The third-order valence-electron chi connectivity index (χ3n) is 4.44. The Balaban J connectivity index is 1.82. The highest BCUT2D eigenvalue weighted by molar-refractivity contribution is 6.29. The van der Waals surface area contributed by atoms with Crippen LogP contribution in [0.2, 0.25) is 5.15 Å². The second-order valence-corrected chi connectivity index (χ2v) is 5.99. The summed E-state index contributed by atoms with van der Waals surface area (Å²) in [6.07, 6.45) is 7.38. The number of carbonyl (C=O) groups excluding carboxylic acids is 1. The second kappa shape index (κ2) is 5.49. The summed E-state index contributed by atoms with van der Waals surface area (Å²) in [5.41, 5.74) is 0.485. The molecule has 0 bridgehead atoms. The van der Waals surface area contributed by atoms with Gasteiger partial charge in [-0.15, -0.1) is 0 Å². The Morgan fingerprint density at radius 2 is 2.00 bits per heavy atom. The van der Waals surface area contributed by atoms with E-state index in [1.165, 1.54) is 25.7 Å². The van der Waals surface area contributed by atoms with Crippen molar-refractivity contribution in [3.63, 3.8) is 0 Å². The van der Waals surface area contributed by atoms with Gasteiger partial charge >= 0.3 is 0 Å². The first-order valence-electron chi connectivity index (χ1n) is 7.19. The van der Waals surface area contributed by atoms with E-state index in [9.17, 15) is 4.79 Å². The highest BCUT2D eigenvalue weighted by Gasteiger charge is 2.36. The van der Waals surface area contributed by atoms with E-state index >= 15 is 0 Å². The molecule has 0 spiro atoms. The van der Waals surface area contributed by atoms with Gasteiger partial charge in [-0.2, -0.15) is 0 Å². The Morgan fingerprint density at radius 1 is 1.21 bits per heavy atom. The maximum atomic E-state index is 12.6. The molecule has 1 saturated carbocycles.